The van der Waals surface area contributed by atoms with Gasteiger partial charge in [0.2, 0.25) is 0 Å². The van der Waals surface area contributed by atoms with E-state index in [9.17, 15) is 18.0 Å². The van der Waals surface area contributed by atoms with Crippen molar-refractivity contribution in [2.75, 3.05) is 23.7 Å². The number of halogens is 4. The molecule has 4 atom stereocenters. The average molecular weight is 633 g/mol. The first-order valence-electron chi connectivity index (χ1n) is 13.7. The molecule has 1 unspecified atom stereocenters. The highest BCUT2D eigenvalue weighted by molar-refractivity contribution is 8.18. The van der Waals surface area contributed by atoms with E-state index in [1.165, 1.54) is 23.5 Å². The third-order valence-electron chi connectivity index (χ3n) is 7.99. The van der Waals surface area contributed by atoms with E-state index < -0.39 is 28.3 Å². The second kappa shape index (κ2) is 10.3. The Morgan fingerprint density at radius 1 is 1.10 bits per heavy atom. The molecule has 0 radical (unpaired) electrons. The van der Waals surface area contributed by atoms with Gasteiger partial charge in [0, 0.05) is 57.3 Å². The molecule has 0 spiro atoms. The number of fused-ring (bicyclic) bond motifs is 1. The molecule has 2 aliphatic rings. The first-order chi connectivity index (χ1) is 20.1. The van der Waals surface area contributed by atoms with Crippen LogP contribution in [0.5, 0.6) is 0 Å². The van der Waals surface area contributed by atoms with Gasteiger partial charge in [-0.05, 0) is 44.2 Å². The number of alkyl halides is 3. The largest absolute Gasteiger partial charge is 0.416 e. The van der Waals surface area contributed by atoms with Gasteiger partial charge in [0.25, 0.3) is 0 Å². The highest BCUT2D eigenvalue weighted by Gasteiger charge is 2.37. The lowest BCUT2D eigenvalue weighted by atomic mass is 10.1. The summed E-state index contributed by atoms with van der Waals surface area (Å²) in [6, 6.07) is 11.9. The Hall–Kier alpha value is -3.06. The fraction of sp³-hybridized carbons (Fsp3) is 0.345. The molecule has 0 aliphatic carbocycles. The van der Waals surface area contributed by atoms with Crippen molar-refractivity contribution in [1.82, 2.24) is 24.4 Å². The molecule has 2 aliphatic heterocycles. The van der Waals surface area contributed by atoms with Gasteiger partial charge >= 0.3 is 11.9 Å². The van der Waals surface area contributed by atoms with Crippen LogP contribution in [0.15, 0.2) is 68.1 Å². The molecule has 42 heavy (non-hydrogen) atoms. The number of nitrogens with one attached hydrogen (secondary N) is 1. The van der Waals surface area contributed by atoms with Crippen LogP contribution in [-0.4, -0.2) is 50.0 Å². The number of hydrogen-bond acceptors (Lipinski definition) is 6. The summed E-state index contributed by atoms with van der Waals surface area (Å²) in [7, 11) is -1.33. The quantitative estimate of drug-likeness (QED) is 0.227. The SMILES string of the molecule is C[C@@H]1CN(c2nc(=O)n3c4c(cc(C(F)(F)F)cc24)[SH](c2cc(Cl)cs2)C[C@@H](n2cnc4ccccc42)C3)C[C@H](C)N1. The number of para-hydroxylation sites is 2. The minimum atomic E-state index is -4.58. The number of benzene rings is 2. The van der Waals surface area contributed by atoms with Crippen molar-refractivity contribution in [1.29, 1.82) is 0 Å². The number of imidazole rings is 1. The van der Waals surface area contributed by atoms with Crippen molar-refractivity contribution in [2.24, 2.45) is 0 Å². The summed E-state index contributed by atoms with van der Waals surface area (Å²) in [5, 5.41) is 6.16. The third kappa shape index (κ3) is 4.78. The summed E-state index contributed by atoms with van der Waals surface area (Å²) < 4.78 is 48.0. The predicted molar refractivity (Wildman–Crippen MR) is 164 cm³/mol. The number of nitrogens with zero attached hydrogens (tertiary/aromatic N) is 5. The van der Waals surface area contributed by atoms with Crippen molar-refractivity contribution < 1.29 is 13.2 Å². The predicted octanol–water partition coefficient (Wildman–Crippen LogP) is 6.34. The molecule has 2 aromatic carbocycles. The molecule has 0 bridgehead atoms. The van der Waals surface area contributed by atoms with E-state index in [1.807, 2.05) is 59.0 Å². The maximum atomic E-state index is 14.5. The van der Waals surface area contributed by atoms with Crippen LogP contribution >= 0.6 is 33.8 Å². The number of rotatable bonds is 3. The van der Waals surface area contributed by atoms with Gasteiger partial charge in [0.15, 0.2) is 0 Å². The van der Waals surface area contributed by atoms with Crippen molar-refractivity contribution in [3.63, 3.8) is 0 Å². The molecule has 5 heterocycles. The van der Waals surface area contributed by atoms with Crippen molar-refractivity contribution in [2.45, 2.75) is 53.8 Å². The van der Waals surface area contributed by atoms with Crippen LogP contribution in [0.3, 0.4) is 0 Å². The van der Waals surface area contributed by atoms with Crippen LogP contribution in [-0.2, 0) is 12.7 Å². The molecule has 1 fully saturated rings. The fourth-order valence-corrected chi connectivity index (χ4v) is 10.8. The Morgan fingerprint density at radius 2 is 1.86 bits per heavy atom. The second-order valence-corrected chi connectivity index (χ2v) is 14.9. The molecule has 0 amide bonds. The minimum absolute atomic E-state index is 0.0817. The first kappa shape index (κ1) is 27.8. The minimum Gasteiger partial charge on any atom is -0.353 e. The van der Waals surface area contributed by atoms with Crippen LogP contribution in [0.4, 0.5) is 19.0 Å². The number of thiol groups is 1. The van der Waals surface area contributed by atoms with E-state index in [0.717, 1.165) is 15.2 Å². The zero-order chi connectivity index (χ0) is 29.3. The van der Waals surface area contributed by atoms with E-state index in [0.29, 0.717) is 45.5 Å². The van der Waals surface area contributed by atoms with Gasteiger partial charge in [0.1, 0.15) is 5.82 Å². The molecular weight excluding hydrogens is 605 g/mol. The zero-order valence-electron chi connectivity index (χ0n) is 22.8. The lowest BCUT2D eigenvalue weighted by Crippen LogP contribution is -2.55. The molecular formula is C29H28ClF3N6OS2. The van der Waals surface area contributed by atoms with E-state index >= 15 is 0 Å². The van der Waals surface area contributed by atoms with Gasteiger partial charge < -0.3 is 14.8 Å². The summed E-state index contributed by atoms with van der Waals surface area (Å²) in [5.74, 6) is 0.825. The Kier molecular flexibility index (Phi) is 6.80. The zero-order valence-corrected chi connectivity index (χ0v) is 25.2. The van der Waals surface area contributed by atoms with E-state index in [-0.39, 0.29) is 24.7 Å². The summed E-state index contributed by atoms with van der Waals surface area (Å²) in [5.41, 5.74) is 1.04. The highest BCUT2D eigenvalue weighted by Crippen LogP contribution is 2.55. The lowest BCUT2D eigenvalue weighted by molar-refractivity contribution is -0.137. The fourth-order valence-electron chi connectivity index (χ4n) is 6.34. The number of aromatic nitrogens is 4. The maximum Gasteiger partial charge on any atom is 0.416 e. The molecule has 7 nitrogen and oxygen atoms in total. The standard InChI is InChI=1S/C29H28ClF3N6OS2/c1-16-10-37(11-17(2)35-16)27-21-7-18(29(31,32)33)8-24-26(21)38(28(40)36-27)12-20(14-42(24)25-9-19(30)13-41-25)39-15-34-22-5-3-4-6-23(22)39/h3-9,13,15-17,20,35,42H,10-12,14H2,1-2H3/t16-,17+,20-/m0/s1. The maximum absolute atomic E-state index is 14.5. The number of piperazine rings is 1. The van der Waals surface area contributed by atoms with Gasteiger partial charge in [-0.25, -0.2) is 9.78 Å². The van der Waals surface area contributed by atoms with Crippen LogP contribution in [0, 0.1) is 0 Å². The van der Waals surface area contributed by atoms with Gasteiger partial charge in [-0.3, -0.25) is 4.57 Å². The van der Waals surface area contributed by atoms with E-state index in [2.05, 4.69) is 15.3 Å². The highest BCUT2D eigenvalue weighted by atomic mass is 35.5. The van der Waals surface area contributed by atoms with Crippen LogP contribution < -0.4 is 15.9 Å². The molecule has 7 rings (SSSR count). The summed E-state index contributed by atoms with van der Waals surface area (Å²) in [6.45, 7) is 5.35. The molecule has 0 saturated carbocycles. The van der Waals surface area contributed by atoms with E-state index in [1.54, 1.807) is 10.9 Å². The van der Waals surface area contributed by atoms with Gasteiger partial charge in [-0.15, -0.1) is 11.3 Å². The number of thiophene rings is 1. The second-order valence-electron chi connectivity index (χ2n) is 11.1. The van der Waals surface area contributed by atoms with Crippen molar-refractivity contribution in [3.8, 4) is 0 Å². The third-order valence-corrected chi connectivity index (χ3v) is 12.4. The average Bonchev–Trinajstić information content (AvgIpc) is 3.52. The molecule has 220 valence electrons. The van der Waals surface area contributed by atoms with Gasteiger partial charge in [-0.2, -0.15) is 29.1 Å². The van der Waals surface area contributed by atoms with Crippen LogP contribution in [0.1, 0.15) is 25.5 Å². The van der Waals surface area contributed by atoms with E-state index in [4.69, 9.17) is 11.6 Å². The topological polar surface area (TPSA) is 68.0 Å². The van der Waals surface area contributed by atoms with Gasteiger partial charge in [0.05, 0.1) is 39.5 Å². The molecule has 1 saturated heterocycles. The summed E-state index contributed by atoms with van der Waals surface area (Å²) in [6.07, 6.45) is -2.82. The monoisotopic (exact) mass is 632 g/mol. The Morgan fingerprint density at radius 3 is 2.57 bits per heavy atom. The first-order valence-corrected chi connectivity index (χ1v) is 16.4. The van der Waals surface area contributed by atoms with Crippen molar-refractivity contribution in [3.05, 3.63) is 75.2 Å². The lowest BCUT2D eigenvalue weighted by Gasteiger charge is -2.37. The normalized spacial score (nSPS) is 23.9. The Balaban J connectivity index is 1.52. The van der Waals surface area contributed by atoms with Gasteiger partial charge in [-0.1, -0.05) is 23.7 Å². The molecule has 1 N–H and O–H groups in total. The molecule has 3 aromatic heterocycles. The summed E-state index contributed by atoms with van der Waals surface area (Å²) >= 11 is 7.81. The van der Waals surface area contributed by atoms with Crippen LogP contribution in [0.2, 0.25) is 5.02 Å². The Bertz CT molecular complexity index is 1880. The number of hydrogen-bond donors (Lipinski definition) is 2. The van der Waals surface area contributed by atoms with Crippen LogP contribution in [0.25, 0.3) is 21.9 Å². The molecule has 5 aromatic rings. The molecule has 13 heteroatoms. The number of anilines is 1. The Labute approximate surface area is 251 Å². The van der Waals surface area contributed by atoms with Crippen molar-refractivity contribution >= 4 is 61.6 Å². The smallest absolute Gasteiger partial charge is 0.353 e. The summed E-state index contributed by atoms with van der Waals surface area (Å²) in [4.78, 5) is 25.4.